The van der Waals surface area contributed by atoms with Crippen molar-refractivity contribution < 1.29 is 9.84 Å². The van der Waals surface area contributed by atoms with Crippen LogP contribution in [0, 0.1) is 6.92 Å². The molecule has 23 heavy (non-hydrogen) atoms. The molecular formula is C18H25N3O2. The van der Waals surface area contributed by atoms with Crippen molar-refractivity contribution in [2.24, 2.45) is 7.05 Å². The molecule has 1 aliphatic heterocycles. The molecule has 0 radical (unpaired) electrons. The summed E-state index contributed by atoms with van der Waals surface area (Å²) in [5.74, 6) is 0.814. The van der Waals surface area contributed by atoms with E-state index in [-0.39, 0.29) is 0 Å². The third-order valence-electron chi connectivity index (χ3n) is 4.35. The van der Waals surface area contributed by atoms with Gasteiger partial charge in [-0.2, -0.15) is 5.10 Å². The van der Waals surface area contributed by atoms with Gasteiger partial charge in [0.2, 0.25) is 0 Å². The van der Waals surface area contributed by atoms with Gasteiger partial charge < -0.3 is 9.84 Å². The van der Waals surface area contributed by atoms with Crippen LogP contribution in [0.25, 0.3) is 0 Å². The summed E-state index contributed by atoms with van der Waals surface area (Å²) in [5.41, 5.74) is 2.39. The third-order valence-corrected chi connectivity index (χ3v) is 4.35. The monoisotopic (exact) mass is 315 g/mol. The molecule has 1 fully saturated rings. The lowest BCUT2D eigenvalue weighted by Gasteiger charge is -2.26. The zero-order chi connectivity index (χ0) is 16.2. The van der Waals surface area contributed by atoms with E-state index in [2.05, 4.69) is 16.2 Å². The Kier molecular flexibility index (Phi) is 4.98. The van der Waals surface area contributed by atoms with Crippen molar-refractivity contribution in [3.63, 3.8) is 0 Å². The number of aromatic nitrogens is 2. The predicted octanol–water partition coefficient (Wildman–Crippen LogP) is 2.31. The molecule has 1 aliphatic rings. The molecule has 5 heteroatoms. The molecule has 1 saturated heterocycles. The number of ether oxygens (including phenoxy) is 1. The summed E-state index contributed by atoms with van der Waals surface area (Å²) in [4.78, 5) is 2.33. The molecule has 0 bridgehead atoms. The summed E-state index contributed by atoms with van der Waals surface area (Å²) in [6.07, 6.45) is 5.78. The highest BCUT2D eigenvalue weighted by Crippen LogP contribution is 2.31. The molecular weight excluding hydrogens is 290 g/mol. The van der Waals surface area contributed by atoms with E-state index in [0.717, 1.165) is 30.7 Å². The zero-order valence-corrected chi connectivity index (χ0v) is 13.9. The fraction of sp³-hybridized carbons (Fsp3) is 0.500. The van der Waals surface area contributed by atoms with Crippen LogP contribution < -0.4 is 4.74 Å². The topological polar surface area (TPSA) is 50.5 Å². The summed E-state index contributed by atoms with van der Waals surface area (Å²) in [6.45, 7) is 4.00. The van der Waals surface area contributed by atoms with Gasteiger partial charge in [0.25, 0.3) is 0 Å². The van der Waals surface area contributed by atoms with E-state index in [1.165, 1.54) is 5.56 Å². The normalized spacial score (nSPS) is 19.9. The van der Waals surface area contributed by atoms with Crippen LogP contribution in [0.3, 0.4) is 0 Å². The maximum atomic E-state index is 10.3. The summed E-state index contributed by atoms with van der Waals surface area (Å²) < 4.78 is 7.55. The fourth-order valence-electron chi connectivity index (χ4n) is 3.26. The number of nitrogens with zero attached hydrogens (tertiary/aromatic N) is 3. The molecule has 1 N–H and O–H groups in total. The van der Waals surface area contributed by atoms with Crippen molar-refractivity contribution in [1.29, 1.82) is 0 Å². The number of likely N-dealkylation sites (tertiary alicyclic amines) is 1. The lowest BCUT2D eigenvalue weighted by Crippen LogP contribution is -2.35. The first-order valence-corrected chi connectivity index (χ1v) is 8.22. The lowest BCUT2D eigenvalue weighted by molar-refractivity contribution is 0.0638. The average Bonchev–Trinajstić information content (AvgIpc) is 3.14. The molecule has 2 atom stereocenters. The molecule has 0 spiro atoms. The number of aliphatic hydroxyl groups is 1. The number of aryl methyl sites for hydroxylation is 2. The minimum absolute atomic E-state index is 0.319. The van der Waals surface area contributed by atoms with Crippen molar-refractivity contribution in [2.45, 2.75) is 31.9 Å². The van der Waals surface area contributed by atoms with E-state index in [1.54, 1.807) is 0 Å². The SMILES string of the molecule is Cc1cccc(OCC(O)CN2CCCC2c2cnn(C)c2)c1. The van der Waals surface area contributed by atoms with Crippen molar-refractivity contribution >= 4 is 0 Å². The Hall–Kier alpha value is -1.85. The number of hydrogen-bond donors (Lipinski definition) is 1. The Morgan fingerprint density at radius 3 is 3.04 bits per heavy atom. The maximum absolute atomic E-state index is 10.3. The molecule has 2 aromatic rings. The van der Waals surface area contributed by atoms with Gasteiger partial charge in [-0.1, -0.05) is 12.1 Å². The van der Waals surface area contributed by atoms with Crippen LogP contribution >= 0.6 is 0 Å². The van der Waals surface area contributed by atoms with Gasteiger partial charge in [-0.25, -0.2) is 0 Å². The lowest BCUT2D eigenvalue weighted by atomic mass is 10.1. The first-order valence-electron chi connectivity index (χ1n) is 8.22. The van der Waals surface area contributed by atoms with Crippen LogP contribution in [-0.2, 0) is 7.05 Å². The minimum atomic E-state index is -0.493. The van der Waals surface area contributed by atoms with Crippen molar-refractivity contribution in [3.8, 4) is 5.75 Å². The number of hydrogen-bond acceptors (Lipinski definition) is 4. The highest BCUT2D eigenvalue weighted by atomic mass is 16.5. The average molecular weight is 315 g/mol. The van der Waals surface area contributed by atoms with E-state index < -0.39 is 6.10 Å². The minimum Gasteiger partial charge on any atom is -0.491 e. The molecule has 0 aliphatic carbocycles. The van der Waals surface area contributed by atoms with Gasteiger partial charge in [-0.05, 0) is 44.0 Å². The Bertz CT molecular complexity index is 641. The predicted molar refractivity (Wildman–Crippen MR) is 89.4 cm³/mol. The summed E-state index contributed by atoms with van der Waals surface area (Å²) in [6, 6.07) is 8.27. The molecule has 124 valence electrons. The van der Waals surface area contributed by atoms with Crippen LogP contribution in [0.1, 0.15) is 30.0 Å². The smallest absolute Gasteiger partial charge is 0.119 e. The molecule has 3 rings (SSSR count). The molecule has 1 aromatic heterocycles. The first kappa shape index (κ1) is 16.0. The zero-order valence-electron chi connectivity index (χ0n) is 13.9. The van der Waals surface area contributed by atoms with Gasteiger partial charge in [0.15, 0.2) is 0 Å². The largest absolute Gasteiger partial charge is 0.491 e. The standard InChI is InChI=1S/C18H25N3O2/c1-14-5-3-6-17(9-14)23-13-16(22)12-21-8-4-7-18(21)15-10-19-20(2)11-15/h3,5-6,9-11,16,18,22H,4,7-8,12-13H2,1-2H3. The van der Waals surface area contributed by atoms with Gasteiger partial charge in [-0.15, -0.1) is 0 Å². The van der Waals surface area contributed by atoms with E-state index >= 15 is 0 Å². The van der Waals surface area contributed by atoms with E-state index in [1.807, 2.05) is 49.1 Å². The van der Waals surface area contributed by atoms with Gasteiger partial charge >= 0.3 is 0 Å². The van der Waals surface area contributed by atoms with E-state index in [9.17, 15) is 5.11 Å². The number of benzene rings is 1. The van der Waals surface area contributed by atoms with Crippen molar-refractivity contribution in [1.82, 2.24) is 14.7 Å². The highest BCUT2D eigenvalue weighted by molar-refractivity contribution is 5.27. The Labute approximate surface area is 137 Å². The van der Waals surface area contributed by atoms with Crippen molar-refractivity contribution in [2.75, 3.05) is 19.7 Å². The third kappa shape index (κ3) is 4.12. The summed E-state index contributed by atoms with van der Waals surface area (Å²) in [5, 5.41) is 14.6. The van der Waals surface area contributed by atoms with Crippen LogP contribution in [0.4, 0.5) is 0 Å². The van der Waals surface area contributed by atoms with Gasteiger partial charge in [-0.3, -0.25) is 9.58 Å². The Balaban J connectivity index is 1.53. The highest BCUT2D eigenvalue weighted by Gasteiger charge is 2.28. The second-order valence-corrected chi connectivity index (χ2v) is 6.38. The van der Waals surface area contributed by atoms with Crippen molar-refractivity contribution in [3.05, 3.63) is 47.8 Å². The molecule has 0 amide bonds. The van der Waals surface area contributed by atoms with E-state index in [4.69, 9.17) is 4.74 Å². The number of β-amino-alcohol motifs (C(OH)–C–C–N with tert-alkyl or cyclic N) is 1. The number of aliphatic hydroxyl groups excluding tert-OH is 1. The molecule has 1 aromatic carbocycles. The van der Waals surface area contributed by atoms with Crippen LogP contribution in [0.2, 0.25) is 0 Å². The number of rotatable bonds is 6. The second-order valence-electron chi connectivity index (χ2n) is 6.38. The Morgan fingerprint density at radius 1 is 1.43 bits per heavy atom. The molecule has 5 nitrogen and oxygen atoms in total. The van der Waals surface area contributed by atoms with Crippen LogP contribution in [0.15, 0.2) is 36.7 Å². The maximum Gasteiger partial charge on any atom is 0.119 e. The summed E-state index contributed by atoms with van der Waals surface area (Å²) in [7, 11) is 1.94. The fourth-order valence-corrected chi connectivity index (χ4v) is 3.26. The van der Waals surface area contributed by atoms with Gasteiger partial charge in [0.1, 0.15) is 18.5 Å². The molecule has 2 unspecified atom stereocenters. The Morgan fingerprint density at radius 2 is 2.30 bits per heavy atom. The van der Waals surface area contributed by atoms with Gasteiger partial charge in [0, 0.05) is 31.4 Å². The second kappa shape index (κ2) is 7.15. The van der Waals surface area contributed by atoms with Gasteiger partial charge in [0.05, 0.1) is 6.20 Å². The summed E-state index contributed by atoms with van der Waals surface area (Å²) >= 11 is 0. The molecule has 0 saturated carbocycles. The van der Waals surface area contributed by atoms with Crippen LogP contribution in [-0.4, -0.2) is 45.6 Å². The quantitative estimate of drug-likeness (QED) is 0.889. The van der Waals surface area contributed by atoms with Crippen LogP contribution in [0.5, 0.6) is 5.75 Å². The van der Waals surface area contributed by atoms with E-state index in [0.29, 0.717) is 19.2 Å². The first-order chi connectivity index (χ1) is 11.1. The molecule has 2 heterocycles.